The maximum atomic E-state index is 11.6. The highest BCUT2D eigenvalue weighted by Crippen LogP contribution is 2.30. The number of rotatable bonds is 3. The number of methoxy groups -OCH3 is 1. The highest BCUT2D eigenvalue weighted by Gasteiger charge is 2.33. The molecule has 4 nitrogen and oxygen atoms in total. The predicted octanol–water partition coefficient (Wildman–Crippen LogP) is 2.48. The minimum absolute atomic E-state index is 0.148. The molecule has 1 unspecified atom stereocenters. The van der Waals surface area contributed by atoms with Gasteiger partial charge in [0.25, 0.3) is 0 Å². The maximum absolute atomic E-state index is 11.6. The van der Waals surface area contributed by atoms with Crippen molar-refractivity contribution in [2.75, 3.05) is 7.11 Å². The molecule has 102 valence electrons. The Hall–Kier alpha value is -2.36. The second kappa shape index (κ2) is 4.96. The monoisotopic (exact) mass is 270 g/mol. The second-order valence-corrected chi connectivity index (χ2v) is 4.91. The topological polar surface area (TPSA) is 52.6 Å². The fourth-order valence-electron chi connectivity index (χ4n) is 2.56. The summed E-state index contributed by atoms with van der Waals surface area (Å²) in [5.41, 5.74) is 0.919. The Morgan fingerprint density at radius 1 is 1.20 bits per heavy atom. The summed E-state index contributed by atoms with van der Waals surface area (Å²) in [4.78, 5) is 22.7. The molecule has 0 saturated carbocycles. The smallest absolute Gasteiger partial charge is 0.317 e. The molecule has 3 rings (SSSR count). The van der Waals surface area contributed by atoms with Gasteiger partial charge in [-0.15, -0.1) is 0 Å². The third kappa shape index (κ3) is 2.25. The lowest BCUT2D eigenvalue weighted by Gasteiger charge is -2.12. The van der Waals surface area contributed by atoms with E-state index in [4.69, 9.17) is 4.74 Å². The molecule has 0 aromatic heterocycles. The molecule has 0 spiro atoms. The summed E-state index contributed by atoms with van der Waals surface area (Å²) in [5, 5.41) is 2.17. The van der Waals surface area contributed by atoms with Crippen molar-refractivity contribution >= 4 is 22.7 Å². The molecular formula is C16H14O4. The highest BCUT2D eigenvalue weighted by atomic mass is 16.6. The van der Waals surface area contributed by atoms with E-state index >= 15 is 0 Å². The molecule has 1 fully saturated rings. The zero-order chi connectivity index (χ0) is 14.1. The van der Waals surface area contributed by atoms with Crippen molar-refractivity contribution in [3.63, 3.8) is 0 Å². The number of fused-ring (bicyclic) bond motifs is 1. The van der Waals surface area contributed by atoms with E-state index < -0.39 is 17.9 Å². The molecule has 0 amide bonds. The Balaban J connectivity index is 1.97. The zero-order valence-corrected chi connectivity index (χ0v) is 11.1. The normalized spacial score (nSPS) is 18.4. The van der Waals surface area contributed by atoms with Gasteiger partial charge in [-0.2, -0.15) is 0 Å². The van der Waals surface area contributed by atoms with E-state index in [2.05, 4.69) is 4.74 Å². The van der Waals surface area contributed by atoms with Crippen molar-refractivity contribution in [1.82, 2.24) is 0 Å². The number of cyclic esters (lactones) is 2. The highest BCUT2D eigenvalue weighted by molar-refractivity contribution is 5.95. The Labute approximate surface area is 116 Å². The molecule has 2 aromatic rings. The minimum Gasteiger partial charge on any atom is -0.496 e. The summed E-state index contributed by atoms with van der Waals surface area (Å²) in [6.07, 6.45) is 0.605. The quantitative estimate of drug-likeness (QED) is 0.635. The van der Waals surface area contributed by atoms with E-state index in [0.717, 1.165) is 22.1 Å². The summed E-state index contributed by atoms with van der Waals surface area (Å²) >= 11 is 0. The summed E-state index contributed by atoms with van der Waals surface area (Å²) in [6.45, 7) is 0. The van der Waals surface area contributed by atoms with Gasteiger partial charge in [0.2, 0.25) is 0 Å². The molecule has 1 heterocycles. The summed E-state index contributed by atoms with van der Waals surface area (Å²) in [6, 6.07) is 11.9. The molecule has 1 aliphatic rings. The van der Waals surface area contributed by atoms with Crippen LogP contribution in [0.4, 0.5) is 0 Å². The first-order chi connectivity index (χ1) is 9.67. The van der Waals surface area contributed by atoms with Crippen LogP contribution in [0.5, 0.6) is 5.75 Å². The van der Waals surface area contributed by atoms with Gasteiger partial charge in [0.15, 0.2) is 0 Å². The minimum atomic E-state index is -0.445. The average molecular weight is 270 g/mol. The molecule has 0 aliphatic carbocycles. The van der Waals surface area contributed by atoms with Crippen molar-refractivity contribution in [2.45, 2.75) is 12.8 Å². The van der Waals surface area contributed by atoms with E-state index in [1.54, 1.807) is 7.11 Å². The Kier molecular flexibility index (Phi) is 3.14. The van der Waals surface area contributed by atoms with Crippen LogP contribution >= 0.6 is 0 Å². The van der Waals surface area contributed by atoms with Gasteiger partial charge in [-0.05, 0) is 34.9 Å². The van der Waals surface area contributed by atoms with Crippen molar-refractivity contribution in [1.29, 1.82) is 0 Å². The van der Waals surface area contributed by atoms with E-state index in [1.165, 1.54) is 0 Å². The Morgan fingerprint density at radius 2 is 1.90 bits per heavy atom. The van der Waals surface area contributed by atoms with Gasteiger partial charge >= 0.3 is 11.9 Å². The maximum Gasteiger partial charge on any atom is 0.317 e. The lowest BCUT2D eigenvalue weighted by molar-refractivity contribution is -0.153. The van der Waals surface area contributed by atoms with Crippen molar-refractivity contribution in [2.24, 2.45) is 5.92 Å². The van der Waals surface area contributed by atoms with E-state index in [-0.39, 0.29) is 6.42 Å². The first kappa shape index (κ1) is 12.7. The van der Waals surface area contributed by atoms with Gasteiger partial charge in [-0.3, -0.25) is 9.59 Å². The number of carbonyl (C=O) groups is 2. The molecule has 4 heteroatoms. The van der Waals surface area contributed by atoms with Crippen LogP contribution in [0.2, 0.25) is 0 Å². The largest absolute Gasteiger partial charge is 0.496 e. The fourth-order valence-corrected chi connectivity index (χ4v) is 2.56. The van der Waals surface area contributed by atoms with Gasteiger partial charge in [-0.25, -0.2) is 0 Å². The molecule has 0 N–H and O–H groups in total. The molecule has 1 atom stereocenters. The van der Waals surface area contributed by atoms with E-state index in [1.807, 2.05) is 36.4 Å². The van der Waals surface area contributed by atoms with Crippen LogP contribution in [0, 0.1) is 5.92 Å². The van der Waals surface area contributed by atoms with Crippen molar-refractivity contribution in [3.8, 4) is 5.75 Å². The van der Waals surface area contributed by atoms with Gasteiger partial charge < -0.3 is 9.47 Å². The number of hydrogen-bond donors (Lipinski definition) is 0. The van der Waals surface area contributed by atoms with Crippen LogP contribution in [0.3, 0.4) is 0 Å². The molecule has 20 heavy (non-hydrogen) atoms. The average Bonchev–Trinajstić information content (AvgIpc) is 2.76. The summed E-state index contributed by atoms with van der Waals surface area (Å²) < 4.78 is 9.98. The number of benzene rings is 2. The SMILES string of the molecule is COc1cc2ccccc2cc1CC1CC(=O)OC1=O. The van der Waals surface area contributed by atoms with E-state index in [0.29, 0.717) is 6.42 Å². The fraction of sp³-hybridized carbons (Fsp3) is 0.250. The van der Waals surface area contributed by atoms with Crippen molar-refractivity contribution in [3.05, 3.63) is 42.0 Å². The Morgan fingerprint density at radius 3 is 2.50 bits per heavy atom. The van der Waals surface area contributed by atoms with Crippen molar-refractivity contribution < 1.29 is 19.1 Å². The lowest BCUT2D eigenvalue weighted by Crippen LogP contribution is -2.11. The molecule has 1 aliphatic heterocycles. The Bertz CT molecular complexity index is 690. The number of esters is 2. The standard InChI is InChI=1S/C16H14O4/c1-19-14-8-11-5-3-2-4-10(11)6-12(14)7-13-9-15(17)20-16(13)18/h2-6,8,13H,7,9H2,1H3. The zero-order valence-electron chi connectivity index (χ0n) is 11.1. The van der Waals surface area contributed by atoms with Gasteiger partial charge in [0.1, 0.15) is 5.75 Å². The van der Waals surface area contributed by atoms with Crippen LogP contribution in [-0.2, 0) is 20.7 Å². The number of ether oxygens (including phenoxy) is 2. The molecular weight excluding hydrogens is 256 g/mol. The van der Waals surface area contributed by atoms with Crippen LogP contribution in [-0.4, -0.2) is 19.0 Å². The first-order valence-corrected chi connectivity index (χ1v) is 6.47. The number of carbonyl (C=O) groups excluding carboxylic acids is 2. The molecule has 0 bridgehead atoms. The lowest BCUT2D eigenvalue weighted by atomic mass is 9.95. The molecule has 1 saturated heterocycles. The predicted molar refractivity (Wildman–Crippen MR) is 73.4 cm³/mol. The number of hydrogen-bond acceptors (Lipinski definition) is 4. The van der Waals surface area contributed by atoms with Gasteiger partial charge in [-0.1, -0.05) is 24.3 Å². The summed E-state index contributed by atoms with van der Waals surface area (Å²) in [7, 11) is 1.60. The third-order valence-electron chi connectivity index (χ3n) is 3.58. The summed E-state index contributed by atoms with van der Waals surface area (Å²) in [5.74, 6) is -0.557. The van der Waals surface area contributed by atoms with E-state index in [9.17, 15) is 9.59 Å². The van der Waals surface area contributed by atoms with Gasteiger partial charge in [0, 0.05) is 0 Å². The van der Waals surface area contributed by atoms with Crippen LogP contribution in [0.25, 0.3) is 10.8 Å². The second-order valence-electron chi connectivity index (χ2n) is 4.91. The third-order valence-corrected chi connectivity index (χ3v) is 3.58. The van der Waals surface area contributed by atoms with Gasteiger partial charge in [0.05, 0.1) is 19.4 Å². The molecule has 0 radical (unpaired) electrons. The van der Waals surface area contributed by atoms with Crippen LogP contribution < -0.4 is 4.74 Å². The van der Waals surface area contributed by atoms with Crippen LogP contribution in [0.15, 0.2) is 36.4 Å². The first-order valence-electron chi connectivity index (χ1n) is 6.47. The molecule has 2 aromatic carbocycles. The van der Waals surface area contributed by atoms with Crippen LogP contribution in [0.1, 0.15) is 12.0 Å².